The Kier molecular flexibility index (Phi) is 25.0. The summed E-state index contributed by atoms with van der Waals surface area (Å²) in [6, 6.07) is 0. The van der Waals surface area contributed by atoms with Gasteiger partial charge in [-0.25, -0.2) is 4.79 Å². The molecule has 238 valence electrons. The van der Waals surface area contributed by atoms with Crippen molar-refractivity contribution in [2.75, 3.05) is 117 Å². The third-order valence-electron chi connectivity index (χ3n) is 4.94. The predicted octanol–water partition coefficient (Wildman–Crippen LogP) is -0.332. The van der Waals surface area contributed by atoms with Crippen LogP contribution in [-0.4, -0.2) is 145 Å². The zero-order valence-corrected chi connectivity index (χ0v) is 25.6. The molecule has 0 unspecified atom stereocenters. The van der Waals surface area contributed by atoms with Crippen LogP contribution >= 0.6 is 22.6 Å². The highest BCUT2D eigenvalue weighted by molar-refractivity contribution is 14.1. The van der Waals surface area contributed by atoms with Gasteiger partial charge >= 0.3 is 5.97 Å². The molecule has 1 heterocycles. The van der Waals surface area contributed by atoms with Crippen molar-refractivity contribution in [3.8, 4) is 0 Å². The van der Waals surface area contributed by atoms with Gasteiger partial charge in [0, 0.05) is 19.4 Å². The summed E-state index contributed by atoms with van der Waals surface area (Å²) in [5, 5.41) is 3.24. The molecule has 0 aromatic heterocycles. The second kappa shape index (κ2) is 27.3. The van der Waals surface area contributed by atoms with Crippen LogP contribution in [0, 0.1) is 0 Å². The minimum atomic E-state index is -0.700. The molecule has 1 aliphatic rings. The summed E-state index contributed by atoms with van der Waals surface area (Å²) in [5.41, 5.74) is 0. The molecule has 0 saturated carbocycles. The van der Waals surface area contributed by atoms with E-state index in [4.69, 9.17) is 42.7 Å². The topological polar surface area (TPSA) is 167 Å². The molecule has 3 amide bonds. The first-order valence-corrected chi connectivity index (χ1v) is 15.1. The van der Waals surface area contributed by atoms with Crippen molar-refractivity contribution in [1.82, 2.24) is 10.4 Å². The minimum absolute atomic E-state index is 0.00183. The van der Waals surface area contributed by atoms with E-state index in [0.29, 0.717) is 109 Å². The molecule has 1 rings (SSSR count). The van der Waals surface area contributed by atoms with Gasteiger partial charge in [0.15, 0.2) is 0 Å². The van der Waals surface area contributed by atoms with Gasteiger partial charge in [-0.2, -0.15) is 0 Å². The van der Waals surface area contributed by atoms with Crippen LogP contribution < -0.4 is 5.32 Å². The van der Waals surface area contributed by atoms with Crippen molar-refractivity contribution >= 4 is 46.3 Å². The fraction of sp³-hybridized carbons (Fsp3) is 0.840. The van der Waals surface area contributed by atoms with Gasteiger partial charge < -0.3 is 48.0 Å². The average Bonchev–Trinajstić information content (AvgIpc) is 3.28. The largest absolute Gasteiger partial charge is 0.378 e. The van der Waals surface area contributed by atoms with E-state index >= 15 is 0 Å². The van der Waals surface area contributed by atoms with Crippen LogP contribution in [0.4, 0.5) is 0 Å². The van der Waals surface area contributed by atoms with E-state index < -0.39 is 17.8 Å². The summed E-state index contributed by atoms with van der Waals surface area (Å²) >= 11 is 2.01. The van der Waals surface area contributed by atoms with Crippen LogP contribution in [0.1, 0.15) is 19.3 Å². The summed E-state index contributed by atoms with van der Waals surface area (Å²) in [6.07, 6.45) is 0.0457. The van der Waals surface area contributed by atoms with E-state index in [1.165, 1.54) is 0 Å². The molecule has 1 fully saturated rings. The maximum atomic E-state index is 11.6. The molecule has 41 heavy (non-hydrogen) atoms. The number of amides is 3. The number of nitrogens with zero attached hydrogens (tertiary/aromatic N) is 1. The Hall–Kier alpha value is -1.51. The molecule has 0 aliphatic carbocycles. The molecule has 0 spiro atoms. The molecule has 1 N–H and O–H groups in total. The second-order valence-electron chi connectivity index (χ2n) is 8.18. The maximum Gasteiger partial charge on any atom is 0.335 e. The maximum absolute atomic E-state index is 11.6. The minimum Gasteiger partial charge on any atom is -0.378 e. The molecular weight excluding hydrogens is 663 g/mol. The summed E-state index contributed by atoms with van der Waals surface area (Å²) in [4.78, 5) is 50.1. The molecule has 15 nitrogen and oxygen atoms in total. The van der Waals surface area contributed by atoms with Gasteiger partial charge in [0.25, 0.3) is 11.8 Å². The molecule has 1 aliphatic heterocycles. The van der Waals surface area contributed by atoms with E-state index in [1.807, 2.05) is 22.6 Å². The quantitative estimate of drug-likeness (QED) is 0.0466. The van der Waals surface area contributed by atoms with Crippen molar-refractivity contribution in [2.24, 2.45) is 0 Å². The van der Waals surface area contributed by atoms with Gasteiger partial charge in [-0.3, -0.25) is 14.4 Å². The number of nitrogens with one attached hydrogen (secondary N) is 1. The van der Waals surface area contributed by atoms with E-state index in [2.05, 4.69) is 5.32 Å². The number of hydroxylamine groups is 2. The monoisotopic (exact) mass is 706 g/mol. The Balaban J connectivity index is 1.68. The summed E-state index contributed by atoms with van der Waals surface area (Å²) < 4.78 is 43.5. The number of ether oxygens (including phenoxy) is 8. The van der Waals surface area contributed by atoms with Gasteiger partial charge in [-0.05, 0) is 0 Å². The van der Waals surface area contributed by atoms with Gasteiger partial charge in [0.05, 0.1) is 117 Å². The standard InChI is InChI=1S/C25H43IN2O13/c26-21-22(29)27-4-6-34-8-10-36-12-14-38-16-18-40-20-19-39-17-15-37-13-11-35-9-7-33-5-3-25(32)41-28-23(30)1-2-24(28)31/h1-21H2,(H,27,29). The molecule has 16 heteroatoms. The Labute approximate surface area is 254 Å². The van der Waals surface area contributed by atoms with Gasteiger partial charge in [0.1, 0.15) is 0 Å². The number of hydrogen-bond donors (Lipinski definition) is 1. The lowest BCUT2D eigenvalue weighted by Gasteiger charge is -2.12. The smallest absolute Gasteiger partial charge is 0.335 e. The van der Waals surface area contributed by atoms with Crippen LogP contribution in [0.3, 0.4) is 0 Å². The van der Waals surface area contributed by atoms with Crippen molar-refractivity contribution in [1.29, 1.82) is 0 Å². The lowest BCUT2D eigenvalue weighted by Crippen LogP contribution is -2.32. The molecule has 0 radical (unpaired) electrons. The Morgan fingerprint density at radius 2 is 0.927 bits per heavy atom. The highest BCUT2D eigenvalue weighted by Crippen LogP contribution is 2.12. The first-order valence-electron chi connectivity index (χ1n) is 13.6. The molecule has 0 atom stereocenters. The Morgan fingerprint density at radius 3 is 1.29 bits per heavy atom. The third-order valence-corrected chi connectivity index (χ3v) is 5.64. The first-order chi connectivity index (χ1) is 20.0. The number of imide groups is 1. The molecule has 0 aromatic rings. The lowest BCUT2D eigenvalue weighted by molar-refractivity contribution is -0.198. The zero-order chi connectivity index (χ0) is 29.8. The SMILES string of the molecule is O=C(CI)NCCOCCOCCOCCOCCOCCOCCOCCOCCC(=O)ON1C(=O)CCC1=O. The highest BCUT2D eigenvalue weighted by Gasteiger charge is 2.32. The summed E-state index contributed by atoms with van der Waals surface area (Å²) in [6.45, 7) is 7.14. The van der Waals surface area contributed by atoms with Gasteiger partial charge in [-0.15, -0.1) is 5.06 Å². The number of halogens is 1. The average molecular weight is 707 g/mol. The summed E-state index contributed by atoms with van der Waals surface area (Å²) in [5.74, 6) is -1.72. The molecular formula is C25H43IN2O13. The fourth-order valence-electron chi connectivity index (χ4n) is 2.91. The van der Waals surface area contributed by atoms with Crippen molar-refractivity contribution < 1.29 is 61.9 Å². The normalized spacial score (nSPS) is 13.2. The fourth-order valence-corrected chi connectivity index (χ4v) is 3.18. The number of rotatable bonds is 29. The van der Waals surface area contributed by atoms with E-state index in [9.17, 15) is 19.2 Å². The van der Waals surface area contributed by atoms with Crippen LogP contribution in [0.5, 0.6) is 0 Å². The van der Waals surface area contributed by atoms with Crippen molar-refractivity contribution in [3.63, 3.8) is 0 Å². The number of carbonyl (C=O) groups is 4. The Morgan fingerprint density at radius 1 is 0.585 bits per heavy atom. The van der Waals surface area contributed by atoms with Crippen LogP contribution in [-0.2, 0) is 61.9 Å². The first kappa shape index (κ1) is 37.5. The summed E-state index contributed by atoms with van der Waals surface area (Å²) in [7, 11) is 0. The molecule has 0 bridgehead atoms. The number of carbonyl (C=O) groups excluding carboxylic acids is 4. The Bertz CT molecular complexity index is 701. The van der Waals surface area contributed by atoms with Crippen LogP contribution in [0.2, 0.25) is 0 Å². The zero-order valence-electron chi connectivity index (χ0n) is 23.5. The highest BCUT2D eigenvalue weighted by atomic mass is 127. The van der Waals surface area contributed by atoms with E-state index in [-0.39, 0.29) is 38.4 Å². The number of hydrogen-bond acceptors (Lipinski definition) is 13. The molecule has 1 saturated heterocycles. The predicted molar refractivity (Wildman–Crippen MR) is 150 cm³/mol. The van der Waals surface area contributed by atoms with Crippen LogP contribution in [0.15, 0.2) is 0 Å². The molecule has 0 aromatic carbocycles. The van der Waals surface area contributed by atoms with E-state index in [1.54, 1.807) is 0 Å². The second-order valence-corrected chi connectivity index (χ2v) is 8.94. The lowest BCUT2D eigenvalue weighted by atomic mass is 10.4. The van der Waals surface area contributed by atoms with Gasteiger partial charge in [0.2, 0.25) is 5.91 Å². The van der Waals surface area contributed by atoms with Crippen molar-refractivity contribution in [3.05, 3.63) is 0 Å². The van der Waals surface area contributed by atoms with E-state index in [0.717, 1.165) is 0 Å². The van der Waals surface area contributed by atoms with Crippen LogP contribution in [0.25, 0.3) is 0 Å². The van der Waals surface area contributed by atoms with Crippen molar-refractivity contribution in [2.45, 2.75) is 19.3 Å². The third kappa shape index (κ3) is 22.7. The van der Waals surface area contributed by atoms with Gasteiger partial charge in [-0.1, -0.05) is 22.6 Å². The number of alkyl halides is 1.